The number of aromatic nitrogens is 2. The largest absolute Gasteiger partial charge is 0.490 e. The van der Waals surface area contributed by atoms with Crippen LogP contribution in [0.5, 0.6) is 0 Å². The van der Waals surface area contributed by atoms with Crippen molar-refractivity contribution in [1.29, 1.82) is 0 Å². The molecule has 0 aliphatic carbocycles. The third-order valence-corrected chi connectivity index (χ3v) is 9.39. The first-order chi connectivity index (χ1) is 21.7. The number of aliphatic hydroxyl groups excluding tert-OH is 2. The Hall–Kier alpha value is -3.31. The number of carbonyl (C=O) groups excluding carboxylic acids is 1. The van der Waals surface area contributed by atoms with Crippen LogP contribution in [-0.4, -0.2) is 83.3 Å². The minimum Gasteiger partial charge on any atom is -0.387 e. The molecule has 0 bridgehead atoms. The molecule has 3 rings (SSSR count). The first-order valence-electron chi connectivity index (χ1n) is 12.0. The number of azide groups is 1. The van der Waals surface area contributed by atoms with E-state index in [9.17, 15) is 56.0 Å². The van der Waals surface area contributed by atoms with Gasteiger partial charge in [0.1, 0.15) is 35.4 Å². The van der Waals surface area contributed by atoms with Gasteiger partial charge in [0.2, 0.25) is 0 Å². The van der Waals surface area contributed by atoms with Gasteiger partial charge in [0, 0.05) is 24.2 Å². The zero-order valence-electron chi connectivity index (χ0n) is 22.5. The van der Waals surface area contributed by atoms with Crippen molar-refractivity contribution in [2.24, 2.45) is 5.11 Å². The Balaban J connectivity index is 1.58. The maximum atomic E-state index is 14.1. The van der Waals surface area contributed by atoms with Crippen molar-refractivity contribution in [3.8, 4) is 0 Å². The molecule has 8 N–H and O–H groups in total. The average Bonchev–Trinajstić information content (AvgIpc) is 3.22. The topological polar surface area (TPSA) is 334 Å². The first-order valence-corrected chi connectivity index (χ1v) is 16.5. The second-order valence-corrected chi connectivity index (χ2v) is 13.2. The van der Waals surface area contributed by atoms with E-state index in [1.54, 1.807) is 0 Å². The fourth-order valence-corrected chi connectivity index (χ4v) is 6.71. The number of benzene rings is 1. The summed E-state index contributed by atoms with van der Waals surface area (Å²) >= 11 is 0. The van der Waals surface area contributed by atoms with Gasteiger partial charge in [-0.1, -0.05) is 5.11 Å². The number of anilines is 1. The van der Waals surface area contributed by atoms with Crippen molar-refractivity contribution >= 4 is 40.9 Å². The third-order valence-electron chi connectivity index (χ3n) is 5.59. The Bertz CT molecular complexity index is 1760. The lowest BCUT2D eigenvalue weighted by molar-refractivity contribution is -0.0541. The number of rotatable bonds is 14. The van der Waals surface area contributed by atoms with E-state index < -0.39 is 107 Å². The minimum absolute atomic E-state index is 0.189. The first kappa shape index (κ1) is 38.1. The zero-order valence-corrected chi connectivity index (χ0v) is 25.2. The number of hydrogen-bond acceptors (Lipinski definition) is 14. The van der Waals surface area contributed by atoms with E-state index in [0.717, 1.165) is 12.3 Å². The molecule has 1 aromatic carbocycles. The van der Waals surface area contributed by atoms with Gasteiger partial charge >= 0.3 is 29.2 Å². The molecular formula is C18H20F4N7O15P3. The van der Waals surface area contributed by atoms with Crippen LogP contribution in [0.1, 0.15) is 16.6 Å². The summed E-state index contributed by atoms with van der Waals surface area (Å²) in [6, 6.07) is 1.10. The van der Waals surface area contributed by atoms with Crippen LogP contribution in [0, 0.1) is 23.3 Å². The molecule has 2 heterocycles. The maximum Gasteiger partial charge on any atom is 0.490 e. The van der Waals surface area contributed by atoms with Gasteiger partial charge in [0.15, 0.2) is 29.5 Å². The van der Waals surface area contributed by atoms with Crippen LogP contribution in [0.2, 0.25) is 0 Å². The summed E-state index contributed by atoms with van der Waals surface area (Å²) in [6.45, 7) is -1.91. The highest BCUT2D eigenvalue weighted by molar-refractivity contribution is 7.66. The van der Waals surface area contributed by atoms with E-state index in [1.165, 1.54) is 0 Å². The smallest absolute Gasteiger partial charge is 0.387 e. The molecule has 2 aromatic rings. The average molecular weight is 743 g/mol. The summed E-state index contributed by atoms with van der Waals surface area (Å²) in [6.07, 6.45) is -6.27. The summed E-state index contributed by atoms with van der Waals surface area (Å²) in [5.41, 5.74) is 3.86. The molecule has 0 radical (unpaired) electrons. The van der Waals surface area contributed by atoms with Gasteiger partial charge in [-0.25, -0.2) is 36.1 Å². The number of halogens is 4. The number of aliphatic hydroxyl groups is 2. The number of hydrogen-bond donors (Lipinski definition) is 8. The van der Waals surface area contributed by atoms with Crippen LogP contribution >= 0.6 is 23.5 Å². The van der Waals surface area contributed by atoms with E-state index in [4.69, 9.17) is 24.9 Å². The highest BCUT2D eigenvalue weighted by atomic mass is 31.3. The van der Waals surface area contributed by atoms with E-state index in [-0.39, 0.29) is 12.4 Å². The molecule has 1 aromatic heterocycles. The highest BCUT2D eigenvalue weighted by Gasteiger charge is 2.47. The highest BCUT2D eigenvalue weighted by Crippen LogP contribution is 2.66. The Labute approximate surface area is 256 Å². The zero-order chi connectivity index (χ0) is 35.5. The molecular weight excluding hydrogens is 723 g/mol. The van der Waals surface area contributed by atoms with Gasteiger partial charge in [-0.3, -0.25) is 13.9 Å². The second-order valence-electron chi connectivity index (χ2n) is 8.79. The van der Waals surface area contributed by atoms with Crippen molar-refractivity contribution in [1.82, 2.24) is 14.9 Å². The number of amides is 1. The molecule has 1 aliphatic rings. The fourth-order valence-electron chi connectivity index (χ4n) is 3.68. The van der Waals surface area contributed by atoms with Crippen molar-refractivity contribution in [3.63, 3.8) is 0 Å². The van der Waals surface area contributed by atoms with Gasteiger partial charge in [0.05, 0.1) is 6.61 Å². The summed E-state index contributed by atoms with van der Waals surface area (Å²) in [7, 11) is -17.1. The van der Waals surface area contributed by atoms with Crippen molar-refractivity contribution in [2.75, 3.05) is 25.0 Å². The molecule has 1 fully saturated rings. The molecule has 1 saturated heterocycles. The number of phosphoric acid groups is 3. The van der Waals surface area contributed by atoms with Gasteiger partial charge < -0.3 is 45.2 Å². The number of nitrogens with zero attached hydrogens (tertiary/aromatic N) is 5. The van der Waals surface area contributed by atoms with Gasteiger partial charge in [0.25, 0.3) is 5.91 Å². The minimum atomic E-state index is -5.84. The Morgan fingerprint density at radius 2 is 1.64 bits per heavy atom. The van der Waals surface area contributed by atoms with Gasteiger partial charge in [-0.05, 0) is 11.6 Å². The molecule has 29 heteroatoms. The van der Waals surface area contributed by atoms with Crippen LogP contribution in [0.4, 0.5) is 29.1 Å². The summed E-state index contributed by atoms with van der Waals surface area (Å²) < 4.78 is 107. The fraction of sp³-hybridized carbons (Fsp3) is 0.389. The monoisotopic (exact) mass is 743 g/mol. The molecule has 1 aliphatic heterocycles. The molecule has 0 saturated carbocycles. The third kappa shape index (κ3) is 9.63. The molecule has 47 heavy (non-hydrogen) atoms. The van der Waals surface area contributed by atoms with Crippen LogP contribution in [0.15, 0.2) is 22.2 Å². The van der Waals surface area contributed by atoms with E-state index in [2.05, 4.69) is 28.6 Å². The Morgan fingerprint density at radius 3 is 2.19 bits per heavy atom. The molecule has 1 amide bonds. The van der Waals surface area contributed by atoms with E-state index in [0.29, 0.717) is 4.57 Å². The normalized spacial score (nSPS) is 22.2. The van der Waals surface area contributed by atoms with E-state index in [1.807, 2.05) is 10.2 Å². The molecule has 6 atom stereocenters. The number of phosphoric ester groups is 1. The van der Waals surface area contributed by atoms with Crippen LogP contribution in [-0.2, 0) is 31.6 Å². The molecule has 22 nitrogen and oxygen atoms in total. The Morgan fingerprint density at radius 1 is 1.02 bits per heavy atom. The van der Waals surface area contributed by atoms with Crippen molar-refractivity contribution < 1.29 is 83.7 Å². The Kier molecular flexibility index (Phi) is 12.0. The van der Waals surface area contributed by atoms with Gasteiger partial charge in [-0.2, -0.15) is 13.6 Å². The second kappa shape index (κ2) is 14.8. The van der Waals surface area contributed by atoms with Crippen LogP contribution in [0.3, 0.4) is 0 Å². The summed E-state index contributed by atoms with van der Waals surface area (Å²) in [4.78, 5) is 66.1. The van der Waals surface area contributed by atoms with Gasteiger partial charge in [-0.15, -0.1) is 0 Å². The number of nitrogens with one attached hydrogen (secondary N) is 2. The number of carbonyl (C=O) groups is 1. The lowest BCUT2D eigenvalue weighted by atomic mass is 10.1. The number of ether oxygens (including phenoxy) is 1. The SMILES string of the molecule is [N-]=[N+]=Nc1c(F)c(F)c(C(=O)NCCNc2ccn([C@@H]3O[C@H](COP(=O)(O)OP(=O)(O)OP(=O)(O)O)[C@@H](O)[C@H]3O)c(=O)n2)c(F)c1F. The molecule has 0 spiro atoms. The quantitative estimate of drug-likeness (QED) is 0.0249. The van der Waals surface area contributed by atoms with Crippen molar-refractivity contribution in [2.45, 2.75) is 24.5 Å². The maximum absolute atomic E-state index is 14.1. The standard InChI is InChI=1S/C18H20F4N7O15P3/c19-9-8(10(20)12(22)13(11(9)21)27-28-23)16(32)25-3-2-24-7-1-4-29(18(33)26-7)17-15(31)14(30)6(42-17)5-41-46(37,38)44-47(39,40)43-45(34,35)36/h1,4,6,14-15,17,30-31H,2-3,5H2,(H,25,32)(H,37,38)(H,39,40)(H,24,26,33)(H2,34,35,36)/t6-,14-,15-,17-/m1/s1. The van der Waals surface area contributed by atoms with Crippen molar-refractivity contribution in [3.05, 3.63) is 62.0 Å². The lowest BCUT2D eigenvalue weighted by Gasteiger charge is -2.19. The molecule has 260 valence electrons. The predicted octanol–water partition coefficient (Wildman–Crippen LogP) is 0.546. The molecule has 2 unspecified atom stereocenters. The summed E-state index contributed by atoms with van der Waals surface area (Å²) in [5.74, 6) is -10.2. The predicted molar refractivity (Wildman–Crippen MR) is 140 cm³/mol. The van der Waals surface area contributed by atoms with Crippen LogP contribution < -0.4 is 16.3 Å². The van der Waals surface area contributed by atoms with E-state index >= 15 is 0 Å². The van der Waals surface area contributed by atoms with Crippen LogP contribution in [0.25, 0.3) is 10.4 Å². The summed E-state index contributed by atoms with van der Waals surface area (Å²) in [5, 5.41) is 27.5. The lowest BCUT2D eigenvalue weighted by Crippen LogP contribution is -2.36.